The van der Waals surface area contributed by atoms with Gasteiger partial charge in [0.15, 0.2) is 5.96 Å². The molecule has 0 amide bonds. The molecule has 6 heteroatoms. The van der Waals surface area contributed by atoms with Crippen LogP contribution in [0.15, 0.2) is 46.8 Å². The SMILES string of the molecule is C=CCNC(=NCCSc1ccc(F)cc1)NCC.I. The quantitative estimate of drug-likeness (QED) is 0.181. The number of halogens is 2. The molecule has 112 valence electrons. The van der Waals surface area contributed by atoms with Crippen LogP contribution in [-0.2, 0) is 0 Å². The minimum Gasteiger partial charge on any atom is -0.357 e. The van der Waals surface area contributed by atoms with Crippen molar-refractivity contribution in [2.75, 3.05) is 25.4 Å². The highest BCUT2D eigenvalue weighted by atomic mass is 127. The summed E-state index contributed by atoms with van der Waals surface area (Å²) < 4.78 is 12.7. The van der Waals surface area contributed by atoms with Crippen LogP contribution in [0.25, 0.3) is 0 Å². The Kier molecular flexibility index (Phi) is 11.6. The molecule has 3 nitrogen and oxygen atoms in total. The first kappa shape index (κ1) is 19.2. The van der Waals surface area contributed by atoms with Gasteiger partial charge in [-0.25, -0.2) is 4.39 Å². The van der Waals surface area contributed by atoms with Crippen LogP contribution < -0.4 is 10.6 Å². The van der Waals surface area contributed by atoms with E-state index in [1.807, 2.05) is 6.92 Å². The highest BCUT2D eigenvalue weighted by molar-refractivity contribution is 14.0. The predicted octanol–water partition coefficient (Wildman–Crippen LogP) is 3.28. The van der Waals surface area contributed by atoms with Crippen LogP contribution in [0.2, 0.25) is 0 Å². The van der Waals surface area contributed by atoms with Crippen molar-refractivity contribution in [3.8, 4) is 0 Å². The Morgan fingerprint density at radius 1 is 1.35 bits per heavy atom. The summed E-state index contributed by atoms with van der Waals surface area (Å²) in [6, 6.07) is 6.51. The Bertz CT molecular complexity index is 409. The van der Waals surface area contributed by atoms with Crippen LogP contribution in [0.5, 0.6) is 0 Å². The van der Waals surface area contributed by atoms with Crippen molar-refractivity contribution in [1.82, 2.24) is 10.6 Å². The molecule has 0 spiro atoms. The van der Waals surface area contributed by atoms with Gasteiger partial charge < -0.3 is 10.6 Å². The second-order valence-corrected chi connectivity index (χ2v) is 4.90. The number of thioether (sulfide) groups is 1. The fourth-order valence-electron chi connectivity index (χ4n) is 1.36. The maximum Gasteiger partial charge on any atom is 0.191 e. The summed E-state index contributed by atoms with van der Waals surface area (Å²) in [6.07, 6.45) is 1.79. The number of rotatable bonds is 7. The number of hydrogen-bond acceptors (Lipinski definition) is 2. The topological polar surface area (TPSA) is 36.4 Å². The van der Waals surface area contributed by atoms with Crippen LogP contribution in [0.1, 0.15) is 6.92 Å². The number of hydrogen-bond donors (Lipinski definition) is 2. The van der Waals surface area contributed by atoms with Crippen molar-refractivity contribution in [2.45, 2.75) is 11.8 Å². The minimum atomic E-state index is -0.203. The molecular weight excluding hydrogens is 388 g/mol. The molecule has 2 N–H and O–H groups in total. The van der Waals surface area contributed by atoms with E-state index in [1.165, 1.54) is 12.1 Å². The first-order valence-electron chi connectivity index (χ1n) is 6.27. The fraction of sp³-hybridized carbons (Fsp3) is 0.357. The van der Waals surface area contributed by atoms with E-state index >= 15 is 0 Å². The summed E-state index contributed by atoms with van der Waals surface area (Å²) in [5.74, 6) is 1.45. The lowest BCUT2D eigenvalue weighted by atomic mass is 10.4. The number of guanidine groups is 1. The predicted molar refractivity (Wildman–Crippen MR) is 96.7 cm³/mol. The normalized spacial score (nSPS) is 10.6. The van der Waals surface area contributed by atoms with Crippen LogP contribution in [0, 0.1) is 5.82 Å². The third-order valence-corrected chi connectivity index (χ3v) is 3.19. The summed E-state index contributed by atoms with van der Waals surface area (Å²) in [6.45, 7) is 7.90. The Morgan fingerprint density at radius 2 is 2.05 bits per heavy atom. The molecule has 0 radical (unpaired) electrons. The van der Waals surface area contributed by atoms with E-state index in [0.717, 1.165) is 23.2 Å². The molecule has 0 aliphatic rings. The van der Waals surface area contributed by atoms with Crippen LogP contribution in [0.3, 0.4) is 0 Å². The Labute approximate surface area is 141 Å². The first-order chi connectivity index (χ1) is 9.26. The Balaban J connectivity index is 0.00000361. The van der Waals surface area contributed by atoms with Crippen molar-refractivity contribution in [2.24, 2.45) is 4.99 Å². The Morgan fingerprint density at radius 3 is 2.65 bits per heavy atom. The molecule has 0 heterocycles. The molecule has 1 rings (SSSR count). The third kappa shape index (κ3) is 8.42. The third-order valence-electron chi connectivity index (χ3n) is 2.20. The zero-order valence-electron chi connectivity index (χ0n) is 11.6. The second-order valence-electron chi connectivity index (χ2n) is 3.73. The van der Waals surface area contributed by atoms with Crippen molar-refractivity contribution >= 4 is 41.7 Å². The molecule has 0 unspecified atom stereocenters. The number of aliphatic imine (C=N–C) groups is 1. The van der Waals surface area contributed by atoms with Gasteiger partial charge in [-0.15, -0.1) is 42.3 Å². The van der Waals surface area contributed by atoms with Crippen LogP contribution in [0.4, 0.5) is 4.39 Å². The zero-order valence-corrected chi connectivity index (χ0v) is 14.7. The van der Waals surface area contributed by atoms with Crippen molar-refractivity contribution in [1.29, 1.82) is 0 Å². The van der Waals surface area contributed by atoms with Crippen molar-refractivity contribution in [3.05, 3.63) is 42.7 Å². The van der Waals surface area contributed by atoms with E-state index in [4.69, 9.17) is 0 Å². The lowest BCUT2D eigenvalue weighted by Gasteiger charge is -2.09. The number of nitrogens with one attached hydrogen (secondary N) is 2. The molecule has 0 aliphatic carbocycles. The van der Waals surface area contributed by atoms with Crippen LogP contribution >= 0.6 is 35.7 Å². The van der Waals surface area contributed by atoms with Gasteiger partial charge in [-0.2, -0.15) is 0 Å². The molecule has 0 bridgehead atoms. The Hall–Kier alpha value is -0.760. The molecule has 0 saturated heterocycles. The average molecular weight is 409 g/mol. The molecule has 20 heavy (non-hydrogen) atoms. The molecule has 0 aliphatic heterocycles. The number of nitrogens with zero attached hydrogens (tertiary/aromatic N) is 1. The molecule has 1 aromatic rings. The summed E-state index contributed by atoms with van der Waals surface area (Å²) >= 11 is 1.66. The fourth-order valence-corrected chi connectivity index (χ4v) is 2.11. The summed E-state index contributed by atoms with van der Waals surface area (Å²) in [7, 11) is 0. The average Bonchev–Trinajstić information content (AvgIpc) is 2.42. The van der Waals surface area contributed by atoms with Gasteiger partial charge in [0.05, 0.1) is 6.54 Å². The summed E-state index contributed by atoms with van der Waals surface area (Å²) in [5.41, 5.74) is 0. The van der Waals surface area contributed by atoms with E-state index in [-0.39, 0.29) is 29.8 Å². The lowest BCUT2D eigenvalue weighted by Crippen LogP contribution is -2.37. The van der Waals surface area contributed by atoms with E-state index < -0.39 is 0 Å². The van der Waals surface area contributed by atoms with Gasteiger partial charge in [-0.3, -0.25) is 4.99 Å². The smallest absolute Gasteiger partial charge is 0.191 e. The van der Waals surface area contributed by atoms with E-state index in [1.54, 1.807) is 30.0 Å². The lowest BCUT2D eigenvalue weighted by molar-refractivity contribution is 0.626. The highest BCUT2D eigenvalue weighted by Crippen LogP contribution is 2.17. The molecule has 1 aromatic carbocycles. The summed E-state index contributed by atoms with van der Waals surface area (Å²) in [4.78, 5) is 5.49. The van der Waals surface area contributed by atoms with E-state index in [2.05, 4.69) is 22.2 Å². The van der Waals surface area contributed by atoms with Gasteiger partial charge in [-0.1, -0.05) is 6.08 Å². The summed E-state index contributed by atoms with van der Waals surface area (Å²) in [5, 5.41) is 6.29. The molecule has 0 fully saturated rings. The van der Waals surface area contributed by atoms with Gasteiger partial charge in [0.1, 0.15) is 5.82 Å². The molecule has 0 atom stereocenters. The maximum atomic E-state index is 12.7. The van der Waals surface area contributed by atoms with Gasteiger partial charge in [-0.05, 0) is 31.2 Å². The highest BCUT2D eigenvalue weighted by Gasteiger charge is 1.96. The molecule has 0 saturated carbocycles. The van der Waals surface area contributed by atoms with Crippen molar-refractivity contribution < 1.29 is 4.39 Å². The monoisotopic (exact) mass is 409 g/mol. The van der Waals surface area contributed by atoms with E-state index in [9.17, 15) is 4.39 Å². The van der Waals surface area contributed by atoms with Crippen molar-refractivity contribution in [3.63, 3.8) is 0 Å². The second kappa shape index (κ2) is 12.0. The largest absolute Gasteiger partial charge is 0.357 e. The maximum absolute atomic E-state index is 12.7. The first-order valence-corrected chi connectivity index (χ1v) is 7.26. The van der Waals surface area contributed by atoms with Gasteiger partial charge in [0, 0.05) is 23.7 Å². The van der Waals surface area contributed by atoms with Crippen LogP contribution in [-0.4, -0.2) is 31.3 Å². The molecular formula is C14H21FIN3S. The molecule has 0 aromatic heterocycles. The van der Waals surface area contributed by atoms with Gasteiger partial charge in [0.25, 0.3) is 0 Å². The van der Waals surface area contributed by atoms with Gasteiger partial charge in [0.2, 0.25) is 0 Å². The van der Waals surface area contributed by atoms with Gasteiger partial charge >= 0.3 is 0 Å². The van der Waals surface area contributed by atoms with E-state index in [0.29, 0.717) is 13.1 Å². The standard InChI is InChI=1S/C14H20FN3S.HI/c1-3-9-17-14(16-4-2)18-10-11-19-13-7-5-12(15)6-8-13;/h3,5-8H,1,4,9-11H2,2H3,(H2,16,17,18);1H. The zero-order chi connectivity index (χ0) is 13.9. The number of benzene rings is 1. The minimum absolute atomic E-state index is 0.